The van der Waals surface area contributed by atoms with Gasteiger partial charge in [-0.15, -0.1) is 17.0 Å². The quantitative estimate of drug-likeness (QED) is 0.618. The van der Waals surface area contributed by atoms with Crippen LogP contribution in [0.25, 0.3) is 0 Å². The third-order valence-corrected chi connectivity index (χ3v) is 6.08. The van der Waals surface area contributed by atoms with Gasteiger partial charge >= 0.3 is 11.9 Å². The van der Waals surface area contributed by atoms with E-state index in [2.05, 4.69) is 4.90 Å². The molecule has 162 valence electrons. The number of halogens is 1. The standard InChI is InChI=1S/C22H31NO5.BrH/c1-3-27-20(24)19(16-13-14-23(2)15-16)28-21(25)22(26,18-11-7-8-12-18)17-9-5-4-6-10-17;/h4-6,9-10,16,18-19,26H,3,7-8,11-15H2,1-2H3;1H. The Bertz CT molecular complexity index is 679. The Morgan fingerprint density at radius 3 is 2.41 bits per heavy atom. The maximum Gasteiger partial charge on any atom is 0.347 e. The average molecular weight is 470 g/mol. The van der Waals surface area contributed by atoms with Crippen molar-refractivity contribution in [3.05, 3.63) is 35.9 Å². The summed E-state index contributed by atoms with van der Waals surface area (Å²) in [5.41, 5.74) is -1.22. The monoisotopic (exact) mass is 469 g/mol. The van der Waals surface area contributed by atoms with Crippen molar-refractivity contribution in [3.8, 4) is 0 Å². The van der Waals surface area contributed by atoms with Crippen LogP contribution in [0, 0.1) is 11.8 Å². The van der Waals surface area contributed by atoms with Crippen molar-refractivity contribution in [1.29, 1.82) is 0 Å². The normalized spacial score (nSPS) is 23.1. The van der Waals surface area contributed by atoms with E-state index >= 15 is 0 Å². The van der Waals surface area contributed by atoms with Crippen molar-refractivity contribution >= 4 is 28.9 Å². The topological polar surface area (TPSA) is 76.1 Å². The number of esters is 2. The maximum absolute atomic E-state index is 13.3. The molecule has 1 saturated carbocycles. The molecule has 0 spiro atoms. The maximum atomic E-state index is 13.3. The highest BCUT2D eigenvalue weighted by Crippen LogP contribution is 2.42. The van der Waals surface area contributed by atoms with Gasteiger partial charge in [0.2, 0.25) is 6.10 Å². The molecule has 29 heavy (non-hydrogen) atoms. The first-order valence-corrected chi connectivity index (χ1v) is 10.3. The number of ether oxygens (including phenoxy) is 2. The van der Waals surface area contributed by atoms with Crippen molar-refractivity contribution < 1.29 is 24.2 Å². The summed E-state index contributed by atoms with van der Waals surface area (Å²) >= 11 is 0. The second-order valence-electron chi connectivity index (χ2n) is 8.00. The van der Waals surface area contributed by atoms with E-state index in [4.69, 9.17) is 9.47 Å². The number of carbonyl (C=O) groups is 2. The summed E-state index contributed by atoms with van der Waals surface area (Å²) < 4.78 is 10.9. The van der Waals surface area contributed by atoms with Crippen LogP contribution in [-0.2, 0) is 24.7 Å². The average Bonchev–Trinajstić information content (AvgIpc) is 3.38. The van der Waals surface area contributed by atoms with Gasteiger partial charge in [-0.2, -0.15) is 0 Å². The molecular weight excluding hydrogens is 438 g/mol. The van der Waals surface area contributed by atoms with Crippen molar-refractivity contribution in [2.75, 3.05) is 26.7 Å². The van der Waals surface area contributed by atoms with Gasteiger partial charge in [-0.05, 0) is 45.3 Å². The number of hydrogen-bond donors (Lipinski definition) is 1. The number of nitrogens with zero attached hydrogens (tertiary/aromatic N) is 1. The molecule has 7 heteroatoms. The zero-order valence-corrected chi connectivity index (χ0v) is 18.9. The lowest BCUT2D eigenvalue weighted by Crippen LogP contribution is -2.48. The minimum atomic E-state index is -1.74. The number of rotatable bonds is 7. The summed E-state index contributed by atoms with van der Waals surface area (Å²) in [7, 11) is 1.98. The van der Waals surface area contributed by atoms with E-state index < -0.39 is 23.6 Å². The molecule has 1 aromatic carbocycles. The van der Waals surface area contributed by atoms with Gasteiger partial charge in [-0.3, -0.25) is 0 Å². The highest BCUT2D eigenvalue weighted by atomic mass is 79.9. The molecule has 1 aliphatic heterocycles. The van der Waals surface area contributed by atoms with Crippen LogP contribution in [0.1, 0.15) is 44.6 Å². The lowest BCUT2D eigenvalue weighted by molar-refractivity contribution is -0.190. The summed E-state index contributed by atoms with van der Waals surface area (Å²) in [6.07, 6.45) is 3.23. The third-order valence-electron chi connectivity index (χ3n) is 6.08. The smallest absolute Gasteiger partial charge is 0.347 e. The number of likely N-dealkylation sites (tertiary alicyclic amines) is 1. The van der Waals surface area contributed by atoms with Crippen LogP contribution in [0.2, 0.25) is 0 Å². The molecule has 1 saturated heterocycles. The van der Waals surface area contributed by atoms with Gasteiger partial charge in [0.25, 0.3) is 0 Å². The van der Waals surface area contributed by atoms with Crippen molar-refractivity contribution in [2.24, 2.45) is 11.8 Å². The summed E-state index contributed by atoms with van der Waals surface area (Å²) in [6.45, 7) is 3.45. The Labute approximate surface area is 183 Å². The minimum absolute atomic E-state index is 0. The Balaban J connectivity index is 0.00000300. The molecule has 1 N–H and O–H groups in total. The number of carbonyl (C=O) groups excluding carboxylic acids is 2. The van der Waals surface area contributed by atoms with E-state index in [0.717, 1.165) is 38.6 Å². The van der Waals surface area contributed by atoms with Gasteiger partial charge in [0.05, 0.1) is 6.61 Å². The Kier molecular flexibility index (Phi) is 8.67. The Morgan fingerprint density at radius 2 is 1.86 bits per heavy atom. The number of aliphatic hydroxyl groups is 1. The minimum Gasteiger partial charge on any atom is -0.463 e. The summed E-state index contributed by atoms with van der Waals surface area (Å²) in [6, 6.07) is 8.96. The van der Waals surface area contributed by atoms with Crippen molar-refractivity contribution in [1.82, 2.24) is 4.90 Å². The van der Waals surface area contributed by atoms with Crippen LogP contribution in [-0.4, -0.2) is 54.8 Å². The van der Waals surface area contributed by atoms with Gasteiger partial charge < -0.3 is 19.5 Å². The van der Waals surface area contributed by atoms with Crippen LogP contribution in [0.3, 0.4) is 0 Å². The molecule has 0 aromatic heterocycles. The molecule has 2 fully saturated rings. The first kappa shape index (κ1) is 23.8. The zero-order valence-electron chi connectivity index (χ0n) is 17.2. The summed E-state index contributed by atoms with van der Waals surface area (Å²) in [4.78, 5) is 28.0. The fraction of sp³-hybridized carbons (Fsp3) is 0.636. The van der Waals surface area contributed by atoms with E-state index in [1.165, 1.54) is 0 Å². The second-order valence-corrected chi connectivity index (χ2v) is 8.00. The number of benzene rings is 1. The van der Waals surface area contributed by atoms with Gasteiger partial charge in [0.1, 0.15) is 0 Å². The first-order valence-electron chi connectivity index (χ1n) is 10.3. The van der Waals surface area contributed by atoms with Crippen molar-refractivity contribution in [2.45, 2.75) is 50.7 Å². The van der Waals surface area contributed by atoms with E-state index in [9.17, 15) is 14.7 Å². The third kappa shape index (κ3) is 5.19. The molecular formula is C22H32BrNO5. The SMILES string of the molecule is Br.CCOC(=O)C(OC(=O)C(O)(c1ccccc1)C1CCCC1)C1CCN(C)C1. The molecule has 0 amide bonds. The first-order chi connectivity index (χ1) is 13.5. The highest BCUT2D eigenvalue weighted by molar-refractivity contribution is 8.93. The molecule has 0 bridgehead atoms. The summed E-state index contributed by atoms with van der Waals surface area (Å²) in [5.74, 6) is -1.61. The largest absolute Gasteiger partial charge is 0.463 e. The Morgan fingerprint density at radius 1 is 1.21 bits per heavy atom. The lowest BCUT2D eigenvalue weighted by Gasteiger charge is -2.34. The van der Waals surface area contributed by atoms with E-state index in [-0.39, 0.29) is 35.4 Å². The zero-order chi connectivity index (χ0) is 20.1. The van der Waals surface area contributed by atoms with Crippen LogP contribution < -0.4 is 0 Å². The molecule has 2 aliphatic rings. The molecule has 1 aliphatic carbocycles. The Hall–Kier alpha value is -1.44. The van der Waals surface area contributed by atoms with Crippen LogP contribution in [0.4, 0.5) is 0 Å². The molecule has 1 heterocycles. The van der Waals surface area contributed by atoms with Crippen LogP contribution in [0.15, 0.2) is 30.3 Å². The van der Waals surface area contributed by atoms with Crippen molar-refractivity contribution in [3.63, 3.8) is 0 Å². The summed E-state index contributed by atoms with van der Waals surface area (Å²) in [5, 5.41) is 11.6. The van der Waals surface area contributed by atoms with Gasteiger partial charge in [0, 0.05) is 18.4 Å². The predicted octanol–water partition coefficient (Wildman–Crippen LogP) is 3.07. The van der Waals surface area contributed by atoms with Gasteiger partial charge in [0.15, 0.2) is 5.60 Å². The highest BCUT2D eigenvalue weighted by Gasteiger charge is 2.50. The molecule has 3 atom stereocenters. The lowest BCUT2D eigenvalue weighted by atomic mass is 9.80. The number of hydrogen-bond acceptors (Lipinski definition) is 6. The van der Waals surface area contributed by atoms with Gasteiger partial charge in [-0.25, -0.2) is 9.59 Å². The molecule has 3 unspecified atom stereocenters. The molecule has 0 radical (unpaired) electrons. The van der Waals surface area contributed by atoms with Crippen LogP contribution in [0.5, 0.6) is 0 Å². The van der Waals surface area contributed by atoms with Crippen LogP contribution >= 0.6 is 17.0 Å². The fourth-order valence-corrected chi connectivity index (χ4v) is 4.54. The van der Waals surface area contributed by atoms with E-state index in [1.54, 1.807) is 31.2 Å². The molecule has 3 rings (SSSR count). The molecule has 1 aromatic rings. The van der Waals surface area contributed by atoms with E-state index in [0.29, 0.717) is 12.1 Å². The predicted molar refractivity (Wildman–Crippen MR) is 115 cm³/mol. The van der Waals surface area contributed by atoms with Gasteiger partial charge in [-0.1, -0.05) is 43.2 Å². The van der Waals surface area contributed by atoms with E-state index in [1.807, 2.05) is 13.1 Å². The fourth-order valence-electron chi connectivity index (χ4n) is 4.54. The molecule has 6 nitrogen and oxygen atoms in total. The second kappa shape index (κ2) is 10.5.